The van der Waals surface area contributed by atoms with Crippen LogP contribution >= 0.6 is 15.9 Å². The highest BCUT2D eigenvalue weighted by Crippen LogP contribution is 2.37. The van der Waals surface area contributed by atoms with Gasteiger partial charge in [-0.05, 0) is 28.1 Å². The molecule has 2 aromatic rings. The first kappa shape index (κ1) is 13.5. The summed E-state index contributed by atoms with van der Waals surface area (Å²) in [7, 11) is 3.18. The van der Waals surface area contributed by atoms with E-state index in [2.05, 4.69) is 21.2 Å². The normalized spacial score (nSPS) is 10.1. The Morgan fingerprint density at radius 3 is 2.26 bits per heavy atom. The van der Waals surface area contributed by atoms with Crippen LogP contribution in [-0.4, -0.2) is 14.2 Å². The topological polar surface area (TPSA) is 56.5 Å². The Hall–Kier alpha value is -1.88. The summed E-state index contributed by atoms with van der Waals surface area (Å²) < 4.78 is 11.4. The quantitative estimate of drug-likeness (QED) is 0.841. The maximum atomic E-state index is 6.01. The second-order valence-corrected chi connectivity index (χ2v) is 4.75. The monoisotopic (exact) mass is 322 g/mol. The number of nitrogen functional groups attached to an aromatic ring is 1. The molecule has 2 rings (SSSR count). The molecule has 0 saturated carbocycles. The van der Waals surface area contributed by atoms with Gasteiger partial charge in [-0.25, -0.2) is 0 Å². The number of hydrogen-bond donors (Lipinski definition) is 2. The van der Waals surface area contributed by atoms with E-state index in [4.69, 9.17) is 15.2 Å². The van der Waals surface area contributed by atoms with Crippen molar-refractivity contribution in [3.05, 3.63) is 40.9 Å². The summed E-state index contributed by atoms with van der Waals surface area (Å²) in [6.07, 6.45) is 0. The smallest absolute Gasteiger partial charge is 0.162 e. The number of halogens is 1. The van der Waals surface area contributed by atoms with Gasteiger partial charge in [0, 0.05) is 16.6 Å². The Morgan fingerprint density at radius 2 is 1.63 bits per heavy atom. The summed E-state index contributed by atoms with van der Waals surface area (Å²) in [6, 6.07) is 11.4. The van der Waals surface area contributed by atoms with Crippen LogP contribution in [0.1, 0.15) is 0 Å². The van der Waals surface area contributed by atoms with Crippen LogP contribution in [0.3, 0.4) is 0 Å². The van der Waals surface area contributed by atoms with E-state index in [1.54, 1.807) is 20.3 Å². The number of ether oxygens (including phenoxy) is 2. The number of nitrogens with two attached hydrogens (primary N) is 1. The Labute approximate surface area is 120 Å². The molecule has 0 aliphatic rings. The maximum absolute atomic E-state index is 6.01. The fraction of sp³-hybridized carbons (Fsp3) is 0.143. The average Bonchev–Trinajstić information content (AvgIpc) is 2.42. The average molecular weight is 323 g/mol. The van der Waals surface area contributed by atoms with E-state index in [-0.39, 0.29) is 0 Å². The molecule has 0 amide bonds. The lowest BCUT2D eigenvalue weighted by Crippen LogP contribution is -1.99. The van der Waals surface area contributed by atoms with Crippen LogP contribution in [0.15, 0.2) is 40.9 Å². The molecule has 0 radical (unpaired) electrons. The Morgan fingerprint density at radius 1 is 1.00 bits per heavy atom. The zero-order valence-corrected chi connectivity index (χ0v) is 12.3. The van der Waals surface area contributed by atoms with Crippen molar-refractivity contribution < 1.29 is 9.47 Å². The van der Waals surface area contributed by atoms with Crippen molar-refractivity contribution in [3.8, 4) is 11.5 Å². The molecule has 0 aromatic heterocycles. The number of benzene rings is 2. The van der Waals surface area contributed by atoms with Gasteiger partial charge >= 0.3 is 0 Å². The van der Waals surface area contributed by atoms with E-state index in [1.165, 1.54) is 0 Å². The molecule has 3 N–H and O–H groups in total. The minimum absolute atomic E-state index is 0.591. The summed E-state index contributed by atoms with van der Waals surface area (Å²) in [5, 5.41) is 3.26. The molecule has 0 spiro atoms. The van der Waals surface area contributed by atoms with E-state index >= 15 is 0 Å². The molecule has 0 fully saturated rings. The van der Waals surface area contributed by atoms with Crippen molar-refractivity contribution >= 4 is 33.0 Å². The minimum Gasteiger partial charge on any atom is -0.493 e. The molecule has 100 valence electrons. The van der Waals surface area contributed by atoms with Crippen molar-refractivity contribution in [2.45, 2.75) is 0 Å². The highest BCUT2D eigenvalue weighted by molar-refractivity contribution is 9.10. The zero-order chi connectivity index (χ0) is 13.8. The molecular weight excluding hydrogens is 308 g/mol. The van der Waals surface area contributed by atoms with Crippen molar-refractivity contribution in [1.82, 2.24) is 0 Å². The van der Waals surface area contributed by atoms with Crippen LogP contribution in [0.5, 0.6) is 11.5 Å². The van der Waals surface area contributed by atoms with Gasteiger partial charge in [-0.1, -0.05) is 12.1 Å². The highest BCUT2D eigenvalue weighted by Gasteiger charge is 2.10. The van der Waals surface area contributed by atoms with Crippen LogP contribution < -0.4 is 20.5 Å². The van der Waals surface area contributed by atoms with Crippen molar-refractivity contribution in [2.75, 3.05) is 25.3 Å². The Bertz CT molecular complexity index is 588. The zero-order valence-electron chi connectivity index (χ0n) is 10.7. The molecule has 0 bridgehead atoms. The van der Waals surface area contributed by atoms with Crippen LogP contribution in [0, 0.1) is 0 Å². The van der Waals surface area contributed by atoms with Crippen molar-refractivity contribution in [1.29, 1.82) is 0 Å². The van der Waals surface area contributed by atoms with Gasteiger partial charge in [0.2, 0.25) is 0 Å². The van der Waals surface area contributed by atoms with Crippen LogP contribution in [0.4, 0.5) is 17.1 Å². The molecule has 0 heterocycles. The minimum atomic E-state index is 0.591. The van der Waals surface area contributed by atoms with Gasteiger partial charge in [-0.3, -0.25) is 0 Å². The Balaban J connectivity index is 2.38. The lowest BCUT2D eigenvalue weighted by Gasteiger charge is -2.14. The predicted molar refractivity (Wildman–Crippen MR) is 81.4 cm³/mol. The maximum Gasteiger partial charge on any atom is 0.162 e. The van der Waals surface area contributed by atoms with E-state index in [1.807, 2.05) is 30.3 Å². The standard InChI is InChI=1S/C14H15BrN2O2/c1-18-13-7-10(16)12(8-14(13)19-2)17-11-6-4-3-5-9(11)15/h3-8,17H,16H2,1-2H3. The van der Waals surface area contributed by atoms with E-state index in [0.29, 0.717) is 17.2 Å². The number of methoxy groups -OCH3 is 2. The van der Waals surface area contributed by atoms with Crippen LogP contribution in [-0.2, 0) is 0 Å². The summed E-state index contributed by atoms with van der Waals surface area (Å²) in [5.74, 6) is 1.24. The van der Waals surface area contributed by atoms with Gasteiger partial charge < -0.3 is 20.5 Å². The van der Waals surface area contributed by atoms with Crippen molar-refractivity contribution in [3.63, 3.8) is 0 Å². The first-order chi connectivity index (χ1) is 9.15. The summed E-state index contributed by atoms with van der Waals surface area (Å²) in [4.78, 5) is 0. The number of nitrogens with one attached hydrogen (secondary N) is 1. The molecule has 4 nitrogen and oxygen atoms in total. The SMILES string of the molecule is COc1cc(N)c(Nc2ccccc2Br)cc1OC. The van der Waals surface area contributed by atoms with Crippen molar-refractivity contribution in [2.24, 2.45) is 0 Å². The second-order valence-electron chi connectivity index (χ2n) is 3.90. The van der Waals surface area contributed by atoms with Crippen LogP contribution in [0.25, 0.3) is 0 Å². The molecule has 0 saturated heterocycles. The molecule has 2 aromatic carbocycles. The number of hydrogen-bond acceptors (Lipinski definition) is 4. The number of anilines is 3. The van der Waals surface area contributed by atoms with Gasteiger partial charge in [-0.15, -0.1) is 0 Å². The fourth-order valence-electron chi connectivity index (χ4n) is 1.71. The predicted octanol–water partition coefficient (Wildman–Crippen LogP) is 3.79. The van der Waals surface area contributed by atoms with E-state index in [0.717, 1.165) is 15.8 Å². The van der Waals surface area contributed by atoms with Gasteiger partial charge in [0.15, 0.2) is 11.5 Å². The second kappa shape index (κ2) is 5.84. The first-order valence-electron chi connectivity index (χ1n) is 5.68. The molecular formula is C14H15BrN2O2. The van der Waals surface area contributed by atoms with Gasteiger partial charge in [0.25, 0.3) is 0 Å². The summed E-state index contributed by atoms with van der Waals surface area (Å²) in [6.45, 7) is 0. The lowest BCUT2D eigenvalue weighted by atomic mass is 10.2. The molecule has 0 unspecified atom stereocenters. The van der Waals surface area contributed by atoms with Crippen LogP contribution in [0.2, 0.25) is 0 Å². The lowest BCUT2D eigenvalue weighted by molar-refractivity contribution is 0.355. The van der Waals surface area contributed by atoms with E-state index in [9.17, 15) is 0 Å². The molecule has 0 atom stereocenters. The number of para-hydroxylation sites is 1. The largest absolute Gasteiger partial charge is 0.493 e. The number of rotatable bonds is 4. The van der Waals surface area contributed by atoms with E-state index < -0.39 is 0 Å². The summed E-state index contributed by atoms with van der Waals surface area (Å²) >= 11 is 3.48. The molecule has 0 aliphatic carbocycles. The molecule has 19 heavy (non-hydrogen) atoms. The fourth-order valence-corrected chi connectivity index (χ4v) is 2.09. The van der Waals surface area contributed by atoms with Gasteiger partial charge in [-0.2, -0.15) is 0 Å². The Kier molecular flexibility index (Phi) is 4.16. The first-order valence-corrected chi connectivity index (χ1v) is 6.48. The van der Waals surface area contributed by atoms with Gasteiger partial charge in [0.1, 0.15) is 0 Å². The molecule has 5 heteroatoms. The third-order valence-electron chi connectivity index (χ3n) is 2.70. The third kappa shape index (κ3) is 2.93. The molecule has 0 aliphatic heterocycles. The highest BCUT2D eigenvalue weighted by atomic mass is 79.9. The van der Waals surface area contributed by atoms with Gasteiger partial charge in [0.05, 0.1) is 31.3 Å². The summed E-state index contributed by atoms with van der Waals surface area (Å²) in [5.41, 5.74) is 8.30. The third-order valence-corrected chi connectivity index (χ3v) is 3.39.